The zero-order valence-electron chi connectivity index (χ0n) is 14.9. The molecule has 0 fully saturated rings. The summed E-state index contributed by atoms with van der Waals surface area (Å²) in [5.74, 6) is 0.364. The number of aliphatic hydroxyl groups excluding tert-OH is 1. The monoisotopic (exact) mass is 421 g/mol. The molecule has 1 atom stereocenters. The second kappa shape index (κ2) is 8.44. The molecule has 2 N–H and O–H groups in total. The highest BCUT2D eigenvalue weighted by atomic mass is 35.5. The Balaban J connectivity index is 1.57. The predicted molar refractivity (Wildman–Crippen MR) is 111 cm³/mol. The van der Waals surface area contributed by atoms with Crippen molar-refractivity contribution in [3.63, 3.8) is 0 Å². The van der Waals surface area contributed by atoms with Crippen molar-refractivity contribution in [1.29, 1.82) is 0 Å². The van der Waals surface area contributed by atoms with Crippen molar-refractivity contribution in [2.75, 3.05) is 0 Å². The lowest BCUT2D eigenvalue weighted by Crippen LogP contribution is -2.46. The Morgan fingerprint density at radius 3 is 2.59 bits per heavy atom. The van der Waals surface area contributed by atoms with Crippen LogP contribution in [0.4, 0.5) is 0 Å². The number of halogens is 1. The zero-order chi connectivity index (χ0) is 19.4. The predicted octanol–water partition coefficient (Wildman–Crippen LogP) is 5.02. The van der Waals surface area contributed by atoms with Gasteiger partial charge in [-0.15, -0.1) is 22.7 Å². The van der Waals surface area contributed by atoms with Gasteiger partial charge in [0.1, 0.15) is 11.9 Å². The molecule has 1 aromatic carbocycles. The fourth-order valence-corrected chi connectivity index (χ4v) is 4.33. The van der Waals surface area contributed by atoms with Crippen LogP contribution in [0.25, 0.3) is 0 Å². The van der Waals surface area contributed by atoms with Crippen molar-refractivity contribution in [1.82, 2.24) is 5.32 Å². The van der Waals surface area contributed by atoms with Crippen LogP contribution in [0, 0.1) is 0 Å². The summed E-state index contributed by atoms with van der Waals surface area (Å²) < 4.78 is 5.79. The van der Waals surface area contributed by atoms with Crippen LogP contribution in [0.5, 0.6) is 5.75 Å². The summed E-state index contributed by atoms with van der Waals surface area (Å²) in [5.41, 5.74) is -1.02. The molecule has 3 aromatic rings. The third kappa shape index (κ3) is 5.11. The van der Waals surface area contributed by atoms with Gasteiger partial charge < -0.3 is 15.2 Å². The van der Waals surface area contributed by atoms with Crippen molar-refractivity contribution in [3.05, 3.63) is 73.6 Å². The Bertz CT molecular complexity index is 888. The van der Waals surface area contributed by atoms with E-state index in [2.05, 4.69) is 5.32 Å². The highest BCUT2D eigenvalue weighted by Crippen LogP contribution is 2.31. The third-order valence-corrected chi connectivity index (χ3v) is 6.24. The van der Waals surface area contributed by atoms with Crippen LogP contribution in [0.1, 0.15) is 34.6 Å². The molecule has 7 heteroatoms. The molecule has 2 aromatic heterocycles. The first-order valence-corrected chi connectivity index (χ1v) is 10.5. The molecule has 0 aliphatic heterocycles. The van der Waals surface area contributed by atoms with Gasteiger partial charge in [-0.25, -0.2) is 0 Å². The van der Waals surface area contributed by atoms with Crippen molar-refractivity contribution in [2.24, 2.45) is 0 Å². The van der Waals surface area contributed by atoms with Crippen molar-refractivity contribution >= 4 is 40.2 Å². The van der Waals surface area contributed by atoms with Crippen LogP contribution >= 0.6 is 34.3 Å². The maximum atomic E-state index is 12.5. The highest BCUT2D eigenvalue weighted by Gasteiger charge is 2.29. The molecule has 4 nitrogen and oxygen atoms in total. The third-order valence-electron chi connectivity index (χ3n) is 3.92. The van der Waals surface area contributed by atoms with Gasteiger partial charge in [-0.05, 0) is 61.7 Å². The molecule has 27 heavy (non-hydrogen) atoms. The molecule has 0 radical (unpaired) electrons. The summed E-state index contributed by atoms with van der Waals surface area (Å²) in [7, 11) is 0. The van der Waals surface area contributed by atoms with E-state index in [1.165, 1.54) is 22.7 Å². The summed E-state index contributed by atoms with van der Waals surface area (Å²) in [4.78, 5) is 15.3. The molecule has 0 aliphatic rings. The average molecular weight is 422 g/mol. The Hall–Kier alpha value is -1.86. The number of thiophene rings is 2. The Kier molecular flexibility index (Phi) is 6.22. The van der Waals surface area contributed by atoms with Crippen LogP contribution in [-0.2, 0) is 11.3 Å². The number of carbonyl (C=O) groups is 1. The maximum absolute atomic E-state index is 12.5. The van der Waals surface area contributed by atoms with E-state index in [0.717, 1.165) is 14.6 Å². The van der Waals surface area contributed by atoms with Crippen molar-refractivity contribution < 1.29 is 14.6 Å². The van der Waals surface area contributed by atoms with Crippen LogP contribution in [0.15, 0.2) is 53.9 Å². The Morgan fingerprint density at radius 1 is 1.19 bits per heavy atom. The van der Waals surface area contributed by atoms with Crippen LogP contribution in [0.3, 0.4) is 0 Å². The summed E-state index contributed by atoms with van der Waals surface area (Å²) >= 11 is 8.87. The number of rotatable bonds is 7. The van der Waals surface area contributed by atoms with Gasteiger partial charge in [0, 0.05) is 19.7 Å². The number of aliphatic hydroxyl groups is 1. The molecular formula is C20H20ClNO3S2. The number of carbonyl (C=O) groups excluding carboxylic acids is 1. The van der Waals surface area contributed by atoms with E-state index in [0.29, 0.717) is 17.3 Å². The van der Waals surface area contributed by atoms with E-state index >= 15 is 0 Å². The topological polar surface area (TPSA) is 58.6 Å². The smallest absolute Gasteiger partial charge is 0.263 e. The lowest BCUT2D eigenvalue weighted by Gasteiger charge is -2.25. The molecule has 1 amide bonds. The minimum Gasteiger partial charge on any atom is -0.478 e. The van der Waals surface area contributed by atoms with Gasteiger partial charge in [0.05, 0.1) is 6.54 Å². The van der Waals surface area contributed by atoms with Crippen molar-refractivity contribution in [2.45, 2.75) is 32.1 Å². The fourth-order valence-electron chi connectivity index (χ4n) is 2.45. The number of benzene rings is 1. The maximum Gasteiger partial charge on any atom is 0.263 e. The first-order valence-electron chi connectivity index (χ1n) is 8.38. The molecule has 0 bridgehead atoms. The minimum atomic E-state index is -1.02. The molecule has 0 aliphatic carbocycles. The van der Waals surface area contributed by atoms with E-state index in [4.69, 9.17) is 16.3 Å². The van der Waals surface area contributed by atoms with Gasteiger partial charge in [0.25, 0.3) is 5.91 Å². The number of hydrogen-bond acceptors (Lipinski definition) is 5. The molecule has 0 saturated carbocycles. The zero-order valence-corrected chi connectivity index (χ0v) is 17.3. The van der Waals surface area contributed by atoms with E-state index < -0.39 is 11.7 Å². The molecule has 3 rings (SSSR count). The largest absolute Gasteiger partial charge is 0.478 e. The van der Waals surface area contributed by atoms with Crippen molar-refractivity contribution in [3.8, 4) is 5.75 Å². The van der Waals surface area contributed by atoms with Crippen LogP contribution < -0.4 is 10.1 Å². The molecule has 142 valence electrons. The molecule has 0 unspecified atom stereocenters. The summed E-state index contributed by atoms with van der Waals surface area (Å²) in [6.45, 7) is 3.82. The van der Waals surface area contributed by atoms with E-state index in [9.17, 15) is 9.90 Å². The van der Waals surface area contributed by atoms with Gasteiger partial charge in [0.2, 0.25) is 0 Å². The molecule has 0 saturated heterocycles. The highest BCUT2D eigenvalue weighted by molar-refractivity contribution is 7.12. The second-order valence-corrected chi connectivity index (χ2v) is 9.09. The minimum absolute atomic E-state index is 0.216. The molecule has 0 spiro atoms. The standard InChI is InChI=1S/C20H20ClNO3S2/c1-20(2,25-14-7-5-13(21)6-8-14)19(24)22-12-15-9-10-17(27-15)18(23)16-4-3-11-26-16/h3-11,18,23H,12H2,1-2H3,(H,22,24)/t18-/m0/s1. The first kappa shape index (κ1) is 19.9. The van der Waals surface area contributed by atoms with Gasteiger partial charge in [-0.1, -0.05) is 17.7 Å². The van der Waals surface area contributed by atoms with Crippen LogP contribution in [0.2, 0.25) is 5.02 Å². The van der Waals surface area contributed by atoms with Gasteiger partial charge in [0.15, 0.2) is 5.60 Å². The number of hydrogen-bond donors (Lipinski definition) is 2. The Labute approximate surface area is 171 Å². The summed E-state index contributed by atoms with van der Waals surface area (Å²) in [5, 5.41) is 15.8. The van der Waals surface area contributed by atoms with E-state index in [1.54, 1.807) is 38.1 Å². The lowest BCUT2D eigenvalue weighted by atomic mass is 10.1. The fraction of sp³-hybridized carbons (Fsp3) is 0.250. The SMILES string of the molecule is CC(C)(Oc1ccc(Cl)cc1)C(=O)NCc1ccc([C@@H](O)c2cccs2)s1. The molecule has 2 heterocycles. The first-order chi connectivity index (χ1) is 12.8. The lowest BCUT2D eigenvalue weighted by molar-refractivity contribution is -0.134. The normalized spacial score (nSPS) is 12.6. The average Bonchev–Trinajstić information content (AvgIpc) is 3.33. The van der Waals surface area contributed by atoms with E-state index in [1.807, 2.05) is 29.6 Å². The van der Waals surface area contributed by atoms with E-state index in [-0.39, 0.29) is 5.91 Å². The summed E-state index contributed by atoms with van der Waals surface area (Å²) in [6.07, 6.45) is -0.621. The number of ether oxygens (including phenoxy) is 1. The van der Waals surface area contributed by atoms with Gasteiger partial charge in [-0.3, -0.25) is 4.79 Å². The number of nitrogens with one attached hydrogen (secondary N) is 1. The Morgan fingerprint density at radius 2 is 1.93 bits per heavy atom. The van der Waals surface area contributed by atoms with Gasteiger partial charge >= 0.3 is 0 Å². The molecular weight excluding hydrogens is 402 g/mol. The van der Waals surface area contributed by atoms with Gasteiger partial charge in [-0.2, -0.15) is 0 Å². The van der Waals surface area contributed by atoms with Crippen LogP contribution in [-0.4, -0.2) is 16.6 Å². The quantitative estimate of drug-likeness (QED) is 0.563. The second-order valence-electron chi connectivity index (χ2n) is 6.47. The summed E-state index contributed by atoms with van der Waals surface area (Å²) in [6, 6.07) is 14.5. The number of amides is 1.